The molecule has 0 bridgehead atoms. The molecule has 2 heterocycles. The van der Waals surface area contributed by atoms with E-state index in [9.17, 15) is 14.0 Å². The molecule has 1 saturated heterocycles. The van der Waals surface area contributed by atoms with Gasteiger partial charge in [0, 0.05) is 19.1 Å². The Balaban J connectivity index is 1.64. The second kappa shape index (κ2) is 10.1. The molecule has 31 heavy (non-hydrogen) atoms. The number of nitrogen functional groups attached to an aromatic ring is 1. The Morgan fingerprint density at radius 3 is 2.61 bits per heavy atom. The zero-order valence-corrected chi connectivity index (χ0v) is 17.7. The lowest BCUT2D eigenvalue weighted by Crippen LogP contribution is -2.42. The Bertz CT molecular complexity index is 945. The molecule has 166 valence electrons. The highest BCUT2D eigenvalue weighted by atomic mass is 19.1. The molecule has 0 saturated carbocycles. The van der Waals surface area contributed by atoms with Gasteiger partial charge in [0.1, 0.15) is 23.2 Å². The molecular weight excluding hydrogens is 403 g/mol. The van der Waals surface area contributed by atoms with Crippen molar-refractivity contribution >= 4 is 23.5 Å². The minimum Gasteiger partial charge on any atom is -0.496 e. The number of nitrogens with one attached hydrogen (secondary N) is 1. The summed E-state index contributed by atoms with van der Waals surface area (Å²) in [5, 5.41) is 3.30. The van der Waals surface area contributed by atoms with Crippen LogP contribution in [0.2, 0.25) is 0 Å². The molecule has 0 spiro atoms. The summed E-state index contributed by atoms with van der Waals surface area (Å²) >= 11 is 0. The molecule has 3 N–H and O–H groups in total. The minimum atomic E-state index is -0.543. The average molecular weight is 430 g/mol. The molecule has 1 aliphatic rings. The number of nitrogens with zero attached hydrogens (tertiary/aromatic N) is 2. The van der Waals surface area contributed by atoms with Crippen molar-refractivity contribution in [2.24, 2.45) is 0 Å². The zero-order valence-electron chi connectivity index (χ0n) is 17.7. The van der Waals surface area contributed by atoms with Gasteiger partial charge in [-0.05, 0) is 49.6 Å². The fraction of sp³-hybridized carbons (Fsp3) is 0.409. The summed E-state index contributed by atoms with van der Waals surface area (Å²) in [7, 11) is 1.41. The highest BCUT2D eigenvalue weighted by Gasteiger charge is 2.24. The second-order valence-electron chi connectivity index (χ2n) is 7.32. The molecule has 0 unspecified atom stereocenters. The number of ether oxygens (including phenoxy) is 2. The van der Waals surface area contributed by atoms with E-state index in [1.54, 1.807) is 17.0 Å². The van der Waals surface area contributed by atoms with Crippen LogP contribution in [0.3, 0.4) is 0 Å². The van der Waals surface area contributed by atoms with Crippen LogP contribution in [0.25, 0.3) is 0 Å². The summed E-state index contributed by atoms with van der Waals surface area (Å²) < 4.78 is 24.0. The van der Waals surface area contributed by atoms with Gasteiger partial charge in [-0.15, -0.1) is 0 Å². The number of hydrogen-bond acceptors (Lipinski definition) is 7. The van der Waals surface area contributed by atoms with Gasteiger partial charge in [0.05, 0.1) is 24.8 Å². The van der Waals surface area contributed by atoms with Crippen molar-refractivity contribution in [3.8, 4) is 5.75 Å². The van der Waals surface area contributed by atoms with Crippen molar-refractivity contribution < 1.29 is 23.5 Å². The number of likely N-dealkylation sites (tertiary alicyclic amines) is 1. The number of benzene rings is 1. The third kappa shape index (κ3) is 5.42. The molecule has 8 nitrogen and oxygen atoms in total. The molecule has 9 heteroatoms. The molecule has 1 aliphatic heterocycles. The maximum absolute atomic E-state index is 13.6. The lowest BCUT2D eigenvalue weighted by Gasteiger charge is -2.32. The molecular formula is C22H27FN4O4. The first-order valence-electron chi connectivity index (χ1n) is 10.3. The van der Waals surface area contributed by atoms with E-state index in [4.69, 9.17) is 15.2 Å². The van der Waals surface area contributed by atoms with E-state index >= 15 is 0 Å². The Morgan fingerprint density at radius 1 is 1.23 bits per heavy atom. The van der Waals surface area contributed by atoms with Crippen LogP contribution < -0.4 is 15.8 Å². The van der Waals surface area contributed by atoms with Crippen molar-refractivity contribution in [3.63, 3.8) is 0 Å². The number of ketones is 1. The van der Waals surface area contributed by atoms with Crippen LogP contribution in [0, 0.1) is 5.82 Å². The maximum Gasteiger partial charge on any atom is 0.409 e. The van der Waals surface area contributed by atoms with E-state index in [0.717, 1.165) is 25.3 Å². The molecule has 2 aromatic rings. The van der Waals surface area contributed by atoms with Crippen LogP contribution in [0.4, 0.5) is 20.8 Å². The third-order valence-electron chi connectivity index (χ3n) is 5.11. The first-order valence-corrected chi connectivity index (χ1v) is 10.3. The third-order valence-corrected chi connectivity index (χ3v) is 5.11. The lowest BCUT2D eigenvalue weighted by atomic mass is 10.0. The molecule has 0 aliphatic carbocycles. The van der Waals surface area contributed by atoms with E-state index in [0.29, 0.717) is 25.5 Å². The largest absolute Gasteiger partial charge is 0.496 e. The first-order chi connectivity index (χ1) is 14.9. The number of nitrogens with two attached hydrogens (primary N) is 1. The highest BCUT2D eigenvalue weighted by Crippen LogP contribution is 2.26. The Morgan fingerprint density at radius 2 is 1.97 bits per heavy atom. The number of hydrogen-bond donors (Lipinski definition) is 2. The number of carbonyl (C=O) groups excluding carboxylic acids is 2. The van der Waals surface area contributed by atoms with Gasteiger partial charge in [0.25, 0.3) is 0 Å². The van der Waals surface area contributed by atoms with Crippen LogP contribution >= 0.6 is 0 Å². The van der Waals surface area contributed by atoms with Crippen molar-refractivity contribution in [2.75, 3.05) is 37.9 Å². The van der Waals surface area contributed by atoms with Crippen LogP contribution in [-0.2, 0) is 4.74 Å². The number of carbonyl (C=O) groups is 2. The zero-order chi connectivity index (χ0) is 22.4. The number of halogens is 1. The minimum absolute atomic E-state index is 0.0434. The van der Waals surface area contributed by atoms with Crippen molar-refractivity contribution in [2.45, 2.75) is 32.2 Å². The van der Waals surface area contributed by atoms with E-state index in [-0.39, 0.29) is 34.8 Å². The van der Waals surface area contributed by atoms with Gasteiger partial charge in [0.2, 0.25) is 5.78 Å². The number of amides is 1. The van der Waals surface area contributed by atoms with Gasteiger partial charge in [-0.25, -0.2) is 14.2 Å². The van der Waals surface area contributed by atoms with Gasteiger partial charge in [0.15, 0.2) is 0 Å². The van der Waals surface area contributed by atoms with Gasteiger partial charge in [-0.2, -0.15) is 0 Å². The molecule has 0 atom stereocenters. The number of rotatable bonds is 7. The topological polar surface area (TPSA) is 107 Å². The number of piperidine rings is 1. The number of methoxy groups -OCH3 is 1. The predicted molar refractivity (Wildman–Crippen MR) is 115 cm³/mol. The molecule has 0 radical (unpaired) electrons. The highest BCUT2D eigenvalue weighted by molar-refractivity contribution is 6.13. The summed E-state index contributed by atoms with van der Waals surface area (Å²) in [6.07, 6.45) is 1.99. The number of anilines is 2. The number of aromatic nitrogens is 1. The SMILES string of the molecule is CCCOC(=O)N1CCC(Nc2ccc(C(=O)c3cc(F)ccc3OC)c(N)n2)CC1. The van der Waals surface area contributed by atoms with Gasteiger partial charge < -0.3 is 25.4 Å². The Kier molecular flexibility index (Phi) is 7.28. The average Bonchev–Trinajstić information content (AvgIpc) is 2.77. The summed E-state index contributed by atoms with van der Waals surface area (Å²) in [4.78, 5) is 30.8. The summed E-state index contributed by atoms with van der Waals surface area (Å²) in [5.74, 6) is -0.169. The van der Waals surface area contributed by atoms with Gasteiger partial charge >= 0.3 is 6.09 Å². The fourth-order valence-corrected chi connectivity index (χ4v) is 3.45. The lowest BCUT2D eigenvalue weighted by molar-refractivity contribution is 0.0939. The van der Waals surface area contributed by atoms with Gasteiger partial charge in [-0.3, -0.25) is 4.79 Å². The van der Waals surface area contributed by atoms with Crippen LogP contribution in [0.5, 0.6) is 5.75 Å². The standard InChI is InChI=1S/C22H27FN4O4/c1-3-12-31-22(29)27-10-8-15(9-11-27)25-19-7-5-16(21(24)26-19)20(28)17-13-14(23)4-6-18(17)30-2/h4-7,13,15H,3,8-12H2,1-2H3,(H3,24,25,26). The molecule has 1 amide bonds. The maximum atomic E-state index is 13.6. The van der Waals surface area contributed by atoms with E-state index < -0.39 is 11.6 Å². The predicted octanol–water partition coefficient (Wildman–Crippen LogP) is 3.47. The fourth-order valence-electron chi connectivity index (χ4n) is 3.45. The first kappa shape index (κ1) is 22.3. The van der Waals surface area contributed by atoms with E-state index in [1.807, 2.05) is 6.92 Å². The van der Waals surface area contributed by atoms with Crippen LogP contribution in [0.15, 0.2) is 30.3 Å². The van der Waals surface area contributed by atoms with Crippen molar-refractivity contribution in [1.29, 1.82) is 0 Å². The summed E-state index contributed by atoms with van der Waals surface area (Å²) in [6, 6.07) is 7.08. The summed E-state index contributed by atoms with van der Waals surface area (Å²) in [6.45, 7) is 3.56. The van der Waals surface area contributed by atoms with Crippen molar-refractivity contribution in [1.82, 2.24) is 9.88 Å². The van der Waals surface area contributed by atoms with Crippen LogP contribution in [0.1, 0.15) is 42.1 Å². The molecule has 1 aromatic carbocycles. The molecule has 3 rings (SSSR count). The van der Waals surface area contributed by atoms with E-state index in [2.05, 4.69) is 10.3 Å². The molecule has 1 aromatic heterocycles. The smallest absolute Gasteiger partial charge is 0.409 e. The van der Waals surface area contributed by atoms with Gasteiger partial charge in [-0.1, -0.05) is 6.92 Å². The van der Waals surface area contributed by atoms with Crippen molar-refractivity contribution in [3.05, 3.63) is 47.3 Å². The Hall–Kier alpha value is -3.36. The molecule has 1 fully saturated rings. The summed E-state index contributed by atoms with van der Waals surface area (Å²) in [5.41, 5.74) is 6.28. The second-order valence-corrected chi connectivity index (χ2v) is 7.32. The normalized spacial score (nSPS) is 14.2. The van der Waals surface area contributed by atoms with E-state index in [1.165, 1.54) is 19.2 Å². The number of pyridine rings is 1. The quantitative estimate of drug-likeness (QED) is 0.648. The van der Waals surface area contributed by atoms with Crippen LogP contribution in [-0.4, -0.2) is 54.6 Å². The monoisotopic (exact) mass is 430 g/mol. The Labute approximate surface area is 180 Å².